The van der Waals surface area contributed by atoms with Gasteiger partial charge >= 0.3 is 0 Å². The van der Waals surface area contributed by atoms with Crippen LogP contribution in [0, 0.1) is 11.6 Å². The molecule has 0 N–H and O–H groups in total. The Hall–Kier alpha value is -2.51. The van der Waals surface area contributed by atoms with Crippen LogP contribution in [-0.4, -0.2) is 42.0 Å². The lowest BCUT2D eigenvalue weighted by Crippen LogP contribution is -2.76. The Morgan fingerprint density at radius 2 is 1.78 bits per heavy atom. The van der Waals surface area contributed by atoms with Crippen molar-refractivity contribution in [2.45, 2.75) is 12.1 Å². The Labute approximate surface area is 159 Å². The van der Waals surface area contributed by atoms with Crippen LogP contribution in [-0.2, 0) is 20.9 Å². The molecule has 2 aliphatic heterocycles. The van der Waals surface area contributed by atoms with Crippen LogP contribution in [0.3, 0.4) is 0 Å². The molecule has 5 nitrogen and oxygen atoms in total. The van der Waals surface area contributed by atoms with Gasteiger partial charge in [-0.05, 0) is 35.9 Å². The summed E-state index contributed by atoms with van der Waals surface area (Å²) in [5.41, 5.74) is -0.490. The summed E-state index contributed by atoms with van der Waals surface area (Å²) >= 11 is 5.77. The highest BCUT2D eigenvalue weighted by atomic mass is 35.5. The number of hydrogen-bond donors (Lipinski definition) is 0. The van der Waals surface area contributed by atoms with Gasteiger partial charge in [0.25, 0.3) is 5.91 Å². The molecule has 2 saturated heterocycles. The zero-order valence-electron chi connectivity index (χ0n) is 14.1. The van der Waals surface area contributed by atoms with Crippen LogP contribution in [0.15, 0.2) is 42.5 Å². The van der Waals surface area contributed by atoms with Gasteiger partial charge < -0.3 is 9.64 Å². The quantitative estimate of drug-likeness (QED) is 0.807. The molecule has 0 unspecified atom stereocenters. The van der Waals surface area contributed by atoms with E-state index in [0.717, 1.165) is 11.0 Å². The largest absolute Gasteiger partial charge is 0.375 e. The normalized spacial score (nSPS) is 18.8. The molecule has 2 aromatic rings. The molecule has 1 spiro atoms. The van der Waals surface area contributed by atoms with Crippen LogP contribution in [0.1, 0.15) is 5.56 Å². The molecular formula is C19H15ClF2N2O3. The minimum absolute atomic E-state index is 0.00505. The van der Waals surface area contributed by atoms with Gasteiger partial charge in [-0.15, -0.1) is 0 Å². The van der Waals surface area contributed by atoms with Crippen molar-refractivity contribution < 1.29 is 23.1 Å². The van der Waals surface area contributed by atoms with Crippen LogP contribution in [0.2, 0.25) is 5.02 Å². The fourth-order valence-corrected chi connectivity index (χ4v) is 3.54. The third-order valence-electron chi connectivity index (χ3n) is 4.89. The number of halogens is 3. The SMILES string of the molecule is O=C1CN(c2ccc(Cl)cc2F)C(=O)C2(COC2)N1Cc1ccc(F)cc1. The van der Waals surface area contributed by atoms with Gasteiger partial charge in [0.15, 0.2) is 5.54 Å². The van der Waals surface area contributed by atoms with Gasteiger partial charge in [-0.2, -0.15) is 0 Å². The van der Waals surface area contributed by atoms with Crippen LogP contribution >= 0.6 is 11.6 Å². The van der Waals surface area contributed by atoms with E-state index in [1.165, 1.54) is 29.2 Å². The van der Waals surface area contributed by atoms with Crippen molar-refractivity contribution in [1.29, 1.82) is 0 Å². The third kappa shape index (κ3) is 2.96. The molecule has 2 amide bonds. The van der Waals surface area contributed by atoms with Gasteiger partial charge in [0.05, 0.1) is 18.9 Å². The molecule has 0 saturated carbocycles. The lowest BCUT2D eigenvalue weighted by molar-refractivity contribution is -0.184. The van der Waals surface area contributed by atoms with E-state index in [2.05, 4.69) is 0 Å². The highest BCUT2D eigenvalue weighted by molar-refractivity contribution is 6.30. The standard InChI is InChI=1S/C19H15ClF2N2O3/c20-13-3-6-16(15(22)7-13)23-9-17(25)24(19(18(23)26)10-27-11-19)8-12-1-4-14(21)5-2-12/h1-7H,8-11H2. The zero-order valence-corrected chi connectivity index (χ0v) is 14.9. The van der Waals surface area contributed by atoms with Crippen molar-refractivity contribution in [3.8, 4) is 0 Å². The lowest BCUT2D eigenvalue weighted by atomic mass is 9.89. The molecule has 8 heteroatoms. The van der Waals surface area contributed by atoms with E-state index >= 15 is 0 Å². The van der Waals surface area contributed by atoms with Crippen molar-refractivity contribution in [1.82, 2.24) is 4.90 Å². The van der Waals surface area contributed by atoms with E-state index < -0.39 is 17.3 Å². The Bertz CT molecular complexity index is 916. The van der Waals surface area contributed by atoms with E-state index in [1.54, 1.807) is 12.1 Å². The molecule has 2 aliphatic rings. The number of carbonyl (C=O) groups excluding carboxylic acids is 2. The van der Waals surface area contributed by atoms with E-state index in [0.29, 0.717) is 5.56 Å². The van der Waals surface area contributed by atoms with Crippen molar-refractivity contribution in [3.63, 3.8) is 0 Å². The van der Waals surface area contributed by atoms with Crippen LogP contribution in [0.25, 0.3) is 0 Å². The maximum Gasteiger partial charge on any atom is 0.258 e. The summed E-state index contributed by atoms with van der Waals surface area (Å²) in [5, 5.41) is 0.201. The molecular weight excluding hydrogens is 378 g/mol. The topological polar surface area (TPSA) is 49.9 Å². The number of amides is 2. The molecule has 2 heterocycles. The molecule has 0 aromatic heterocycles. The second-order valence-electron chi connectivity index (χ2n) is 6.62. The van der Waals surface area contributed by atoms with Crippen LogP contribution in [0.4, 0.5) is 14.5 Å². The number of piperazine rings is 1. The molecule has 0 atom stereocenters. The summed E-state index contributed by atoms with van der Waals surface area (Å²) in [5.74, 6) is -1.80. The van der Waals surface area contributed by atoms with Gasteiger partial charge in [-0.1, -0.05) is 23.7 Å². The van der Waals surface area contributed by atoms with Crippen molar-refractivity contribution >= 4 is 29.1 Å². The number of ether oxygens (including phenoxy) is 1. The van der Waals surface area contributed by atoms with Crippen molar-refractivity contribution in [2.24, 2.45) is 0 Å². The maximum atomic E-state index is 14.3. The Morgan fingerprint density at radius 3 is 2.37 bits per heavy atom. The number of carbonyl (C=O) groups is 2. The molecule has 0 radical (unpaired) electrons. The molecule has 4 rings (SSSR count). The van der Waals surface area contributed by atoms with Crippen molar-refractivity contribution in [3.05, 3.63) is 64.7 Å². The first-order valence-corrected chi connectivity index (χ1v) is 8.68. The van der Waals surface area contributed by atoms with E-state index in [1.807, 2.05) is 0 Å². The van der Waals surface area contributed by atoms with Gasteiger partial charge in [0.1, 0.15) is 18.2 Å². The minimum Gasteiger partial charge on any atom is -0.375 e. The first-order chi connectivity index (χ1) is 12.9. The Morgan fingerprint density at radius 1 is 1.07 bits per heavy atom. The first-order valence-electron chi connectivity index (χ1n) is 8.30. The molecule has 0 bridgehead atoms. The van der Waals surface area contributed by atoms with Gasteiger partial charge in [-0.3, -0.25) is 14.5 Å². The van der Waals surface area contributed by atoms with Gasteiger partial charge in [0.2, 0.25) is 5.91 Å². The third-order valence-corrected chi connectivity index (χ3v) is 5.13. The highest BCUT2D eigenvalue weighted by Gasteiger charge is 2.58. The second-order valence-corrected chi connectivity index (χ2v) is 7.05. The summed E-state index contributed by atoms with van der Waals surface area (Å²) in [7, 11) is 0. The van der Waals surface area contributed by atoms with E-state index in [9.17, 15) is 18.4 Å². The summed E-state index contributed by atoms with van der Waals surface area (Å²) in [6, 6.07) is 9.66. The van der Waals surface area contributed by atoms with Crippen LogP contribution < -0.4 is 4.90 Å². The predicted octanol–water partition coefficient (Wildman–Crippen LogP) is 2.76. The average molecular weight is 393 g/mol. The average Bonchev–Trinajstić information content (AvgIpc) is 2.59. The Kier molecular flexibility index (Phi) is 4.36. The van der Waals surface area contributed by atoms with Gasteiger partial charge in [0, 0.05) is 11.6 Å². The molecule has 2 fully saturated rings. The van der Waals surface area contributed by atoms with E-state index in [4.69, 9.17) is 16.3 Å². The highest BCUT2D eigenvalue weighted by Crippen LogP contribution is 2.36. The second kappa shape index (κ2) is 6.58. The summed E-state index contributed by atoms with van der Waals surface area (Å²) < 4.78 is 32.7. The fraction of sp³-hybridized carbons (Fsp3) is 0.263. The lowest BCUT2D eigenvalue weighted by Gasteiger charge is -2.53. The molecule has 2 aromatic carbocycles. The zero-order chi connectivity index (χ0) is 19.2. The summed E-state index contributed by atoms with van der Waals surface area (Å²) in [4.78, 5) is 28.6. The molecule has 0 aliphatic carbocycles. The monoisotopic (exact) mass is 392 g/mol. The Balaban J connectivity index is 1.66. The number of anilines is 1. The smallest absolute Gasteiger partial charge is 0.258 e. The fourth-order valence-electron chi connectivity index (χ4n) is 3.38. The number of nitrogens with zero attached hydrogens (tertiary/aromatic N) is 2. The van der Waals surface area contributed by atoms with Crippen LogP contribution in [0.5, 0.6) is 0 Å². The number of rotatable bonds is 3. The molecule has 140 valence electrons. The predicted molar refractivity (Wildman–Crippen MR) is 94.3 cm³/mol. The number of benzene rings is 2. The van der Waals surface area contributed by atoms with Crippen molar-refractivity contribution in [2.75, 3.05) is 24.7 Å². The molecule has 27 heavy (non-hydrogen) atoms. The van der Waals surface area contributed by atoms with E-state index in [-0.39, 0.29) is 48.7 Å². The minimum atomic E-state index is -1.18. The number of hydrogen-bond acceptors (Lipinski definition) is 3. The summed E-state index contributed by atoms with van der Waals surface area (Å²) in [6.07, 6.45) is 0. The summed E-state index contributed by atoms with van der Waals surface area (Å²) in [6.45, 7) is -0.0829. The maximum absolute atomic E-state index is 14.3. The van der Waals surface area contributed by atoms with Gasteiger partial charge in [-0.25, -0.2) is 8.78 Å². The first kappa shape index (κ1) is 17.9.